The molecule has 0 aromatic carbocycles. The maximum absolute atomic E-state index is 11.9. The number of H-pyrrole nitrogens is 1. The van der Waals surface area contributed by atoms with Crippen molar-refractivity contribution in [2.45, 2.75) is 25.5 Å². The molecule has 0 saturated carbocycles. The molecule has 1 heterocycles. The first-order valence-electron chi connectivity index (χ1n) is 4.30. The van der Waals surface area contributed by atoms with Crippen LogP contribution in [-0.4, -0.2) is 34.4 Å². The van der Waals surface area contributed by atoms with E-state index in [1.165, 1.54) is 0 Å². The Balaban J connectivity index is 2.32. The predicted octanol–water partition coefficient (Wildman–Crippen LogP) is 0.686. The van der Waals surface area contributed by atoms with Crippen molar-refractivity contribution in [3.05, 3.63) is 18.0 Å². The van der Waals surface area contributed by atoms with E-state index >= 15 is 0 Å². The molecule has 80 valence electrons. The number of halogens is 2. The summed E-state index contributed by atoms with van der Waals surface area (Å²) in [7, 11) is 0. The van der Waals surface area contributed by atoms with Crippen molar-refractivity contribution in [3.8, 4) is 0 Å². The average molecular weight is 205 g/mol. The molecule has 2 atom stereocenters. The molecule has 0 aliphatic heterocycles. The molecule has 1 rings (SSSR count). The zero-order valence-corrected chi connectivity index (χ0v) is 7.74. The van der Waals surface area contributed by atoms with E-state index in [2.05, 4.69) is 15.5 Å². The first-order chi connectivity index (χ1) is 6.61. The lowest BCUT2D eigenvalue weighted by atomic mass is 10.2. The van der Waals surface area contributed by atoms with Crippen LogP contribution in [0.3, 0.4) is 0 Å². The largest absolute Gasteiger partial charge is 0.386 e. The Hall–Kier alpha value is -1.01. The molecular weight excluding hydrogens is 192 g/mol. The van der Waals surface area contributed by atoms with Crippen LogP contribution in [0.15, 0.2) is 12.3 Å². The van der Waals surface area contributed by atoms with Crippen LogP contribution in [0.1, 0.15) is 18.7 Å². The SMILES string of the molecule is CC(NCC(O)C(F)F)c1ccn[nH]1. The molecule has 0 fully saturated rings. The van der Waals surface area contributed by atoms with E-state index < -0.39 is 12.5 Å². The summed E-state index contributed by atoms with van der Waals surface area (Å²) in [5.41, 5.74) is 0.798. The number of hydrogen-bond acceptors (Lipinski definition) is 3. The van der Waals surface area contributed by atoms with E-state index in [9.17, 15) is 8.78 Å². The Labute approximate surface area is 80.3 Å². The third-order valence-corrected chi connectivity index (χ3v) is 1.91. The Morgan fingerprint density at radius 3 is 2.86 bits per heavy atom. The lowest BCUT2D eigenvalue weighted by Crippen LogP contribution is -2.33. The van der Waals surface area contributed by atoms with Gasteiger partial charge in [0.05, 0.1) is 5.69 Å². The van der Waals surface area contributed by atoms with Crippen LogP contribution < -0.4 is 5.32 Å². The minimum atomic E-state index is -2.71. The molecule has 1 aromatic rings. The van der Waals surface area contributed by atoms with Crippen LogP contribution >= 0.6 is 0 Å². The molecule has 0 aliphatic carbocycles. The normalized spacial score (nSPS) is 15.8. The Morgan fingerprint density at radius 2 is 2.36 bits per heavy atom. The van der Waals surface area contributed by atoms with Crippen molar-refractivity contribution in [2.75, 3.05) is 6.54 Å². The smallest absolute Gasteiger partial charge is 0.265 e. The molecule has 4 nitrogen and oxygen atoms in total. The van der Waals surface area contributed by atoms with Gasteiger partial charge in [0.1, 0.15) is 6.10 Å². The van der Waals surface area contributed by atoms with Gasteiger partial charge in [-0.1, -0.05) is 0 Å². The highest BCUT2D eigenvalue weighted by atomic mass is 19.3. The maximum Gasteiger partial charge on any atom is 0.265 e. The van der Waals surface area contributed by atoms with Crippen LogP contribution in [0.5, 0.6) is 0 Å². The molecule has 0 radical (unpaired) electrons. The highest BCUT2D eigenvalue weighted by molar-refractivity contribution is 5.02. The molecule has 1 aromatic heterocycles. The molecule has 2 unspecified atom stereocenters. The highest BCUT2D eigenvalue weighted by Crippen LogP contribution is 2.08. The summed E-state index contributed by atoms with van der Waals surface area (Å²) in [5.74, 6) is 0. The molecule has 3 N–H and O–H groups in total. The second kappa shape index (κ2) is 5.02. The number of aromatic nitrogens is 2. The Kier molecular flexibility index (Phi) is 3.97. The number of alkyl halides is 2. The predicted molar refractivity (Wildman–Crippen MR) is 47.0 cm³/mol. The van der Waals surface area contributed by atoms with Gasteiger partial charge in [-0.05, 0) is 13.0 Å². The van der Waals surface area contributed by atoms with Gasteiger partial charge < -0.3 is 10.4 Å². The Bertz CT molecular complexity index is 253. The third-order valence-electron chi connectivity index (χ3n) is 1.91. The standard InChI is InChI=1S/C8H13F2N3O/c1-5(6-2-3-12-13-6)11-4-7(14)8(9)10/h2-3,5,7-8,11,14H,4H2,1H3,(H,12,13). The zero-order valence-electron chi connectivity index (χ0n) is 7.74. The van der Waals surface area contributed by atoms with Crippen molar-refractivity contribution in [1.82, 2.24) is 15.5 Å². The Morgan fingerprint density at radius 1 is 1.64 bits per heavy atom. The van der Waals surface area contributed by atoms with Gasteiger partial charge in [0.15, 0.2) is 0 Å². The quantitative estimate of drug-likeness (QED) is 0.662. The number of aromatic amines is 1. The first kappa shape index (κ1) is 11.1. The van der Waals surface area contributed by atoms with Crippen molar-refractivity contribution in [1.29, 1.82) is 0 Å². The van der Waals surface area contributed by atoms with Crippen LogP contribution in [0.2, 0.25) is 0 Å². The molecule has 0 saturated heterocycles. The van der Waals surface area contributed by atoms with Crippen molar-refractivity contribution < 1.29 is 13.9 Å². The van der Waals surface area contributed by atoms with E-state index in [0.717, 1.165) is 5.69 Å². The van der Waals surface area contributed by atoms with Crippen LogP contribution in [0.4, 0.5) is 8.78 Å². The monoisotopic (exact) mass is 205 g/mol. The summed E-state index contributed by atoms with van der Waals surface area (Å²) in [6.07, 6.45) is -2.76. The van der Waals surface area contributed by atoms with E-state index in [0.29, 0.717) is 0 Å². The molecular formula is C8H13F2N3O. The number of rotatable bonds is 5. The molecule has 0 aliphatic rings. The minimum absolute atomic E-state index is 0.133. The highest BCUT2D eigenvalue weighted by Gasteiger charge is 2.17. The third kappa shape index (κ3) is 3.04. The number of aliphatic hydroxyl groups excluding tert-OH is 1. The second-order valence-electron chi connectivity index (χ2n) is 3.04. The second-order valence-corrected chi connectivity index (χ2v) is 3.04. The van der Waals surface area contributed by atoms with Gasteiger partial charge in [0.25, 0.3) is 6.43 Å². The van der Waals surface area contributed by atoms with Gasteiger partial charge in [0, 0.05) is 18.8 Å². The fourth-order valence-electron chi connectivity index (χ4n) is 1.00. The van der Waals surface area contributed by atoms with Gasteiger partial charge in [-0.15, -0.1) is 0 Å². The average Bonchev–Trinajstić information content (AvgIpc) is 2.66. The maximum atomic E-state index is 11.9. The van der Waals surface area contributed by atoms with Gasteiger partial charge in [-0.3, -0.25) is 5.10 Å². The van der Waals surface area contributed by atoms with Gasteiger partial charge in [-0.25, -0.2) is 8.78 Å². The van der Waals surface area contributed by atoms with Gasteiger partial charge >= 0.3 is 0 Å². The van der Waals surface area contributed by atoms with Crippen LogP contribution in [-0.2, 0) is 0 Å². The van der Waals surface area contributed by atoms with E-state index in [-0.39, 0.29) is 12.6 Å². The van der Waals surface area contributed by atoms with Gasteiger partial charge in [-0.2, -0.15) is 5.10 Å². The first-order valence-corrected chi connectivity index (χ1v) is 4.30. The van der Waals surface area contributed by atoms with Crippen molar-refractivity contribution >= 4 is 0 Å². The summed E-state index contributed by atoms with van der Waals surface area (Å²) in [5, 5.41) is 18.0. The number of hydrogen-bond donors (Lipinski definition) is 3. The number of nitrogens with zero attached hydrogens (tertiary/aromatic N) is 1. The number of aliphatic hydroxyl groups is 1. The lowest BCUT2D eigenvalue weighted by Gasteiger charge is -2.15. The molecule has 0 amide bonds. The topological polar surface area (TPSA) is 60.9 Å². The summed E-state index contributed by atoms with van der Waals surface area (Å²) in [4.78, 5) is 0. The molecule has 14 heavy (non-hydrogen) atoms. The summed E-state index contributed by atoms with van der Waals surface area (Å²) in [6, 6.07) is 1.61. The zero-order chi connectivity index (χ0) is 10.6. The van der Waals surface area contributed by atoms with Crippen LogP contribution in [0.25, 0.3) is 0 Å². The van der Waals surface area contributed by atoms with E-state index in [1.807, 2.05) is 0 Å². The molecule has 0 bridgehead atoms. The van der Waals surface area contributed by atoms with Crippen molar-refractivity contribution in [3.63, 3.8) is 0 Å². The fourth-order valence-corrected chi connectivity index (χ4v) is 1.00. The van der Waals surface area contributed by atoms with Gasteiger partial charge in [0.2, 0.25) is 0 Å². The fraction of sp³-hybridized carbons (Fsp3) is 0.625. The lowest BCUT2D eigenvalue weighted by molar-refractivity contribution is -0.00444. The van der Waals surface area contributed by atoms with Crippen molar-refractivity contribution in [2.24, 2.45) is 0 Å². The summed E-state index contributed by atoms with van der Waals surface area (Å²) < 4.78 is 23.8. The number of nitrogens with one attached hydrogen (secondary N) is 2. The summed E-state index contributed by atoms with van der Waals surface area (Å²) >= 11 is 0. The minimum Gasteiger partial charge on any atom is -0.386 e. The van der Waals surface area contributed by atoms with E-state index in [1.54, 1.807) is 19.2 Å². The summed E-state index contributed by atoms with van der Waals surface area (Å²) in [6.45, 7) is 1.66. The van der Waals surface area contributed by atoms with Crippen LogP contribution in [0, 0.1) is 0 Å². The molecule has 0 spiro atoms. The molecule has 6 heteroatoms. The van der Waals surface area contributed by atoms with E-state index in [4.69, 9.17) is 5.11 Å².